The maximum Gasteiger partial charge on any atom is 0.322 e. The summed E-state index contributed by atoms with van der Waals surface area (Å²) in [5, 5.41) is 11.6. The first-order valence-corrected chi connectivity index (χ1v) is 5.80. The third kappa shape index (κ3) is 3.04. The molecule has 2 rings (SSSR count). The topological polar surface area (TPSA) is 82.5 Å². The van der Waals surface area contributed by atoms with Gasteiger partial charge in [0.05, 0.1) is 6.54 Å². The van der Waals surface area contributed by atoms with E-state index >= 15 is 0 Å². The first kappa shape index (κ1) is 12.5. The number of nitrogens with one attached hydrogen (secondary N) is 1. The molecule has 0 saturated carbocycles. The molecule has 1 amide bonds. The van der Waals surface area contributed by atoms with E-state index in [-0.39, 0.29) is 19.0 Å². The van der Waals surface area contributed by atoms with E-state index in [1.807, 2.05) is 18.2 Å². The van der Waals surface area contributed by atoms with Crippen LogP contribution in [0.5, 0.6) is 0 Å². The average Bonchev–Trinajstić information content (AvgIpc) is 2.37. The van der Waals surface area contributed by atoms with E-state index in [0.29, 0.717) is 13.0 Å². The lowest BCUT2D eigenvalue weighted by molar-refractivity contribution is -0.145. The number of nitrogens with zero attached hydrogens (tertiary/aromatic N) is 2. The molecule has 1 aromatic rings. The van der Waals surface area contributed by atoms with Crippen LogP contribution in [0.15, 0.2) is 24.4 Å². The van der Waals surface area contributed by atoms with E-state index in [0.717, 1.165) is 5.69 Å². The second-order valence-electron chi connectivity index (χ2n) is 4.20. The average molecular weight is 249 g/mol. The first-order chi connectivity index (χ1) is 8.66. The van der Waals surface area contributed by atoms with Crippen LogP contribution < -0.4 is 5.32 Å². The Labute approximate surface area is 105 Å². The molecule has 1 fully saturated rings. The first-order valence-electron chi connectivity index (χ1n) is 5.80. The summed E-state index contributed by atoms with van der Waals surface area (Å²) in [7, 11) is 0. The van der Waals surface area contributed by atoms with Gasteiger partial charge in [0, 0.05) is 31.4 Å². The molecule has 2 heterocycles. The summed E-state index contributed by atoms with van der Waals surface area (Å²) in [6.07, 6.45) is 2.34. The van der Waals surface area contributed by atoms with Gasteiger partial charge in [0.25, 0.3) is 0 Å². The van der Waals surface area contributed by atoms with Crippen molar-refractivity contribution in [2.24, 2.45) is 0 Å². The van der Waals surface area contributed by atoms with Crippen molar-refractivity contribution in [2.75, 3.05) is 19.6 Å². The zero-order valence-corrected chi connectivity index (χ0v) is 9.87. The largest absolute Gasteiger partial charge is 0.480 e. The Morgan fingerprint density at radius 3 is 3.06 bits per heavy atom. The smallest absolute Gasteiger partial charge is 0.322 e. The van der Waals surface area contributed by atoms with Gasteiger partial charge >= 0.3 is 5.97 Å². The highest BCUT2D eigenvalue weighted by atomic mass is 16.4. The molecule has 1 atom stereocenters. The molecule has 2 N–H and O–H groups in total. The van der Waals surface area contributed by atoms with Crippen molar-refractivity contribution in [3.63, 3.8) is 0 Å². The Kier molecular flexibility index (Phi) is 3.88. The number of amides is 1. The molecular formula is C12H15N3O3. The van der Waals surface area contributed by atoms with Gasteiger partial charge in [-0.3, -0.25) is 19.5 Å². The van der Waals surface area contributed by atoms with Crippen molar-refractivity contribution >= 4 is 11.9 Å². The number of hydrogen-bond acceptors (Lipinski definition) is 4. The minimum atomic E-state index is -0.906. The van der Waals surface area contributed by atoms with E-state index in [2.05, 4.69) is 10.3 Å². The summed E-state index contributed by atoms with van der Waals surface area (Å²) in [6.45, 7) is 0.807. The highest BCUT2D eigenvalue weighted by Gasteiger charge is 2.31. The van der Waals surface area contributed by atoms with Crippen LogP contribution in [-0.2, 0) is 16.0 Å². The number of piperazine rings is 1. The number of carboxylic acid groups (broad SMARTS) is 1. The maximum absolute atomic E-state index is 11.3. The van der Waals surface area contributed by atoms with Crippen molar-refractivity contribution in [1.29, 1.82) is 0 Å². The summed E-state index contributed by atoms with van der Waals surface area (Å²) in [5.41, 5.74) is 0.896. The van der Waals surface area contributed by atoms with Crippen LogP contribution in [0.1, 0.15) is 5.69 Å². The second kappa shape index (κ2) is 5.59. The maximum atomic E-state index is 11.3. The Hall–Kier alpha value is -1.95. The number of pyridine rings is 1. The number of hydrogen-bond donors (Lipinski definition) is 2. The zero-order valence-electron chi connectivity index (χ0n) is 9.87. The fourth-order valence-electron chi connectivity index (χ4n) is 1.97. The Balaban J connectivity index is 1.96. The minimum Gasteiger partial charge on any atom is -0.480 e. The molecular weight excluding hydrogens is 234 g/mol. The van der Waals surface area contributed by atoms with Crippen LogP contribution in [0.3, 0.4) is 0 Å². The van der Waals surface area contributed by atoms with Gasteiger partial charge in [0.2, 0.25) is 5.91 Å². The minimum absolute atomic E-state index is 0.129. The number of aromatic nitrogens is 1. The predicted molar refractivity (Wildman–Crippen MR) is 63.9 cm³/mol. The number of rotatable bonds is 4. The molecule has 0 radical (unpaired) electrons. The van der Waals surface area contributed by atoms with Gasteiger partial charge in [-0.25, -0.2) is 0 Å². The standard InChI is InChI=1S/C12H15N3O3/c16-11-8-15(10(7-14-11)12(17)18)6-4-9-3-1-2-5-13-9/h1-3,5,10H,4,6-8H2,(H,14,16)(H,17,18). The van der Waals surface area contributed by atoms with Crippen LogP contribution in [0.2, 0.25) is 0 Å². The lowest BCUT2D eigenvalue weighted by Gasteiger charge is -2.32. The Bertz CT molecular complexity index is 435. The quantitative estimate of drug-likeness (QED) is 0.752. The van der Waals surface area contributed by atoms with Crippen molar-refractivity contribution in [1.82, 2.24) is 15.2 Å². The SMILES string of the molecule is O=C1CN(CCc2ccccn2)C(C(=O)O)CN1. The van der Waals surface area contributed by atoms with Gasteiger partial charge in [-0.2, -0.15) is 0 Å². The number of carbonyl (C=O) groups excluding carboxylic acids is 1. The molecule has 0 bridgehead atoms. The second-order valence-corrected chi connectivity index (χ2v) is 4.20. The molecule has 1 saturated heterocycles. The molecule has 18 heavy (non-hydrogen) atoms. The van der Waals surface area contributed by atoms with E-state index in [1.165, 1.54) is 0 Å². The molecule has 1 aliphatic rings. The summed E-state index contributed by atoms with van der Waals surface area (Å²) in [4.78, 5) is 28.2. The van der Waals surface area contributed by atoms with E-state index < -0.39 is 12.0 Å². The van der Waals surface area contributed by atoms with Gasteiger partial charge in [0.15, 0.2) is 0 Å². The predicted octanol–water partition coefficient (Wildman–Crippen LogP) is -0.491. The molecule has 6 nitrogen and oxygen atoms in total. The van der Waals surface area contributed by atoms with Crippen LogP contribution in [0, 0.1) is 0 Å². The van der Waals surface area contributed by atoms with Crippen LogP contribution in [0.4, 0.5) is 0 Å². The van der Waals surface area contributed by atoms with E-state index in [1.54, 1.807) is 11.1 Å². The number of carbonyl (C=O) groups is 2. The van der Waals surface area contributed by atoms with Crippen molar-refractivity contribution in [3.05, 3.63) is 30.1 Å². The Morgan fingerprint density at radius 2 is 2.39 bits per heavy atom. The lowest BCUT2D eigenvalue weighted by atomic mass is 10.1. The Morgan fingerprint density at radius 1 is 1.56 bits per heavy atom. The summed E-state index contributed by atoms with van der Waals surface area (Å²) < 4.78 is 0. The molecule has 6 heteroatoms. The normalized spacial score (nSPS) is 20.4. The number of aliphatic carboxylic acids is 1. The van der Waals surface area contributed by atoms with Crippen molar-refractivity contribution in [3.8, 4) is 0 Å². The third-order valence-electron chi connectivity index (χ3n) is 2.95. The fourth-order valence-corrected chi connectivity index (χ4v) is 1.97. The van der Waals surface area contributed by atoms with Gasteiger partial charge < -0.3 is 10.4 Å². The van der Waals surface area contributed by atoms with E-state index in [4.69, 9.17) is 5.11 Å². The summed E-state index contributed by atoms with van der Waals surface area (Å²) in [5.74, 6) is -1.04. The third-order valence-corrected chi connectivity index (χ3v) is 2.95. The molecule has 96 valence electrons. The lowest BCUT2D eigenvalue weighted by Crippen LogP contribution is -2.57. The molecule has 0 aliphatic carbocycles. The van der Waals surface area contributed by atoms with Gasteiger partial charge in [-0.15, -0.1) is 0 Å². The number of carboxylic acids is 1. The van der Waals surface area contributed by atoms with Crippen LogP contribution in [0.25, 0.3) is 0 Å². The highest BCUT2D eigenvalue weighted by Crippen LogP contribution is 2.06. The fraction of sp³-hybridized carbons (Fsp3) is 0.417. The molecule has 0 spiro atoms. The summed E-state index contributed by atoms with van der Waals surface area (Å²) in [6, 6.07) is 4.96. The van der Waals surface area contributed by atoms with Crippen LogP contribution in [-0.4, -0.2) is 52.5 Å². The van der Waals surface area contributed by atoms with Gasteiger partial charge in [-0.1, -0.05) is 6.07 Å². The monoisotopic (exact) mass is 249 g/mol. The molecule has 0 aromatic carbocycles. The van der Waals surface area contributed by atoms with Crippen molar-refractivity contribution in [2.45, 2.75) is 12.5 Å². The zero-order chi connectivity index (χ0) is 13.0. The highest BCUT2D eigenvalue weighted by molar-refractivity contribution is 5.83. The van der Waals surface area contributed by atoms with Gasteiger partial charge in [0.1, 0.15) is 6.04 Å². The van der Waals surface area contributed by atoms with Crippen LogP contribution >= 0.6 is 0 Å². The van der Waals surface area contributed by atoms with Gasteiger partial charge in [-0.05, 0) is 12.1 Å². The van der Waals surface area contributed by atoms with Crippen molar-refractivity contribution < 1.29 is 14.7 Å². The molecule has 1 aliphatic heterocycles. The molecule has 1 unspecified atom stereocenters. The summed E-state index contributed by atoms with van der Waals surface area (Å²) >= 11 is 0. The molecule has 1 aromatic heterocycles. The van der Waals surface area contributed by atoms with E-state index in [9.17, 15) is 9.59 Å².